The summed E-state index contributed by atoms with van der Waals surface area (Å²) in [6.45, 7) is 4.06. The van der Waals surface area contributed by atoms with Crippen molar-refractivity contribution in [1.29, 1.82) is 0 Å². The third-order valence-electron chi connectivity index (χ3n) is 6.26. The van der Waals surface area contributed by atoms with Crippen molar-refractivity contribution in [1.82, 2.24) is 15.0 Å². The van der Waals surface area contributed by atoms with Crippen LogP contribution in [0.1, 0.15) is 31.7 Å². The van der Waals surface area contributed by atoms with Gasteiger partial charge in [0.1, 0.15) is 0 Å². The highest BCUT2D eigenvalue weighted by molar-refractivity contribution is 6.00. The van der Waals surface area contributed by atoms with E-state index in [9.17, 15) is 4.79 Å². The Labute approximate surface area is 194 Å². The van der Waals surface area contributed by atoms with Crippen molar-refractivity contribution >= 4 is 5.78 Å². The average molecular weight is 432 g/mol. The Kier molecular flexibility index (Phi) is 5.66. The lowest BCUT2D eigenvalue weighted by atomic mass is 9.76. The van der Waals surface area contributed by atoms with Crippen molar-refractivity contribution in [3.8, 4) is 34.2 Å². The number of benzene rings is 3. The van der Waals surface area contributed by atoms with Crippen molar-refractivity contribution in [2.24, 2.45) is 5.92 Å². The lowest BCUT2D eigenvalue weighted by Crippen LogP contribution is -2.24. The van der Waals surface area contributed by atoms with Gasteiger partial charge >= 0.3 is 0 Å². The predicted octanol–water partition coefficient (Wildman–Crippen LogP) is 6.51. The third-order valence-corrected chi connectivity index (χ3v) is 6.26. The molecule has 0 saturated carbocycles. The first-order valence-corrected chi connectivity index (χ1v) is 11.3. The van der Waals surface area contributed by atoms with Gasteiger partial charge in [-0.1, -0.05) is 97.9 Å². The minimum atomic E-state index is -0.0952. The number of nitrogens with zero attached hydrogens (tertiary/aromatic N) is 3. The van der Waals surface area contributed by atoms with Gasteiger partial charge in [-0.2, -0.15) is 0 Å². The van der Waals surface area contributed by atoms with E-state index in [2.05, 4.69) is 13.0 Å². The van der Waals surface area contributed by atoms with Gasteiger partial charge in [0.25, 0.3) is 0 Å². The van der Waals surface area contributed by atoms with Crippen LogP contribution in [0.4, 0.5) is 0 Å². The highest BCUT2D eigenvalue weighted by atomic mass is 16.1. The van der Waals surface area contributed by atoms with Crippen molar-refractivity contribution in [2.45, 2.75) is 26.2 Å². The predicted molar refractivity (Wildman–Crippen MR) is 131 cm³/mol. The van der Waals surface area contributed by atoms with Crippen LogP contribution in [0.5, 0.6) is 0 Å². The fraction of sp³-hybridized carbons (Fsp3) is 0.172. The van der Waals surface area contributed by atoms with Crippen molar-refractivity contribution in [2.75, 3.05) is 0 Å². The van der Waals surface area contributed by atoms with Crippen LogP contribution in [0.2, 0.25) is 0 Å². The molecule has 4 aromatic rings. The molecule has 0 amide bonds. The maximum Gasteiger partial charge on any atom is 0.165 e. The number of hydrogen-bond acceptors (Lipinski definition) is 4. The van der Waals surface area contributed by atoms with Crippen molar-refractivity contribution < 1.29 is 4.79 Å². The minimum Gasteiger partial charge on any atom is -0.294 e. The van der Waals surface area contributed by atoms with E-state index in [-0.39, 0.29) is 11.7 Å². The van der Waals surface area contributed by atoms with Crippen LogP contribution < -0.4 is 0 Å². The van der Waals surface area contributed by atoms with E-state index in [0.717, 1.165) is 34.2 Å². The molecule has 0 N–H and O–H groups in total. The molecule has 0 aliphatic heterocycles. The molecule has 4 heteroatoms. The fourth-order valence-corrected chi connectivity index (χ4v) is 4.36. The van der Waals surface area contributed by atoms with Gasteiger partial charge in [-0.05, 0) is 30.4 Å². The monoisotopic (exact) mass is 431 g/mol. The molecule has 1 aromatic heterocycles. The van der Waals surface area contributed by atoms with Crippen LogP contribution in [-0.2, 0) is 4.79 Å². The van der Waals surface area contributed by atoms with Gasteiger partial charge in [0.2, 0.25) is 0 Å². The van der Waals surface area contributed by atoms with Crippen LogP contribution in [-0.4, -0.2) is 20.7 Å². The molecular formula is C29H25N3O. The molecule has 0 radical (unpaired) electrons. The van der Waals surface area contributed by atoms with E-state index in [1.54, 1.807) is 0 Å². The molecule has 1 aliphatic carbocycles. The molecule has 3 aromatic carbocycles. The number of carbonyl (C=O) groups is 1. The number of Topliss-reactive ketones (excluding diaryl/α,β-unsaturated/α-hetero) is 1. The zero-order chi connectivity index (χ0) is 22.8. The van der Waals surface area contributed by atoms with Gasteiger partial charge in [-0.25, -0.2) is 15.0 Å². The Hall–Kier alpha value is -3.92. The number of rotatable bonds is 4. The molecule has 2 atom stereocenters. The Bertz CT molecular complexity index is 1250. The first-order valence-electron chi connectivity index (χ1n) is 11.3. The summed E-state index contributed by atoms with van der Waals surface area (Å²) >= 11 is 0. The standard InChI is InChI=1S/C29H25N3O/c1-19-13-14-20(2)26(33)25(19)21-15-17-24(18-16-21)29-31-27(22-9-5-3-6-10-22)30-28(32-29)23-11-7-4-8-12-23/h3-12,14-19,25H,13H2,1-2H3. The zero-order valence-electron chi connectivity index (χ0n) is 18.8. The zero-order valence-corrected chi connectivity index (χ0v) is 18.8. The van der Waals surface area contributed by atoms with Gasteiger partial charge in [-0.3, -0.25) is 4.79 Å². The summed E-state index contributed by atoms with van der Waals surface area (Å²) in [5.41, 5.74) is 4.69. The lowest BCUT2D eigenvalue weighted by molar-refractivity contribution is -0.118. The molecule has 0 spiro atoms. The Morgan fingerprint density at radius 2 is 1.12 bits per heavy atom. The fourth-order valence-electron chi connectivity index (χ4n) is 4.36. The topological polar surface area (TPSA) is 55.7 Å². The van der Waals surface area contributed by atoms with Crippen LogP contribution in [0.3, 0.4) is 0 Å². The summed E-state index contributed by atoms with van der Waals surface area (Å²) in [6.07, 6.45) is 2.98. The summed E-state index contributed by atoms with van der Waals surface area (Å²) in [5, 5.41) is 0. The van der Waals surface area contributed by atoms with Gasteiger partial charge in [0.05, 0.1) is 0 Å². The largest absolute Gasteiger partial charge is 0.294 e. The summed E-state index contributed by atoms with van der Waals surface area (Å²) in [5.74, 6) is 2.31. The van der Waals surface area contributed by atoms with E-state index in [1.807, 2.05) is 91.9 Å². The van der Waals surface area contributed by atoms with Gasteiger partial charge in [0, 0.05) is 22.6 Å². The van der Waals surface area contributed by atoms with Crippen LogP contribution >= 0.6 is 0 Å². The number of hydrogen-bond donors (Lipinski definition) is 0. The SMILES string of the molecule is CC1=CCC(C)C(c2ccc(-c3nc(-c4ccccc4)nc(-c4ccccc4)n3)cc2)C1=O. The van der Waals surface area contributed by atoms with Gasteiger partial charge in [0.15, 0.2) is 23.3 Å². The summed E-state index contributed by atoms with van der Waals surface area (Å²) < 4.78 is 0. The van der Waals surface area contributed by atoms with Gasteiger partial charge < -0.3 is 0 Å². The molecule has 0 fully saturated rings. The highest BCUT2D eigenvalue weighted by Crippen LogP contribution is 2.35. The quantitative estimate of drug-likeness (QED) is 0.369. The maximum absolute atomic E-state index is 12.8. The molecule has 1 aliphatic rings. The van der Waals surface area contributed by atoms with E-state index >= 15 is 0 Å². The summed E-state index contributed by atoms with van der Waals surface area (Å²) in [6, 6.07) is 28.0. The van der Waals surface area contributed by atoms with E-state index in [0.29, 0.717) is 23.4 Å². The third kappa shape index (κ3) is 4.24. The second-order valence-electron chi connectivity index (χ2n) is 8.60. The summed E-state index contributed by atoms with van der Waals surface area (Å²) in [4.78, 5) is 27.1. The molecule has 5 rings (SSSR count). The number of carbonyl (C=O) groups excluding carboxylic acids is 1. The molecule has 0 saturated heterocycles. The minimum absolute atomic E-state index is 0.0952. The Balaban J connectivity index is 1.56. The average Bonchev–Trinajstić information content (AvgIpc) is 2.88. The van der Waals surface area contributed by atoms with Crippen molar-refractivity contribution in [3.63, 3.8) is 0 Å². The molecule has 4 nitrogen and oxygen atoms in total. The molecular weight excluding hydrogens is 406 g/mol. The van der Waals surface area contributed by atoms with Crippen LogP contribution in [0.15, 0.2) is 96.6 Å². The van der Waals surface area contributed by atoms with E-state index in [1.165, 1.54) is 0 Å². The first-order chi connectivity index (χ1) is 16.1. The number of ketones is 1. The second-order valence-corrected chi connectivity index (χ2v) is 8.60. The highest BCUT2D eigenvalue weighted by Gasteiger charge is 2.30. The smallest absolute Gasteiger partial charge is 0.165 e. The Morgan fingerprint density at radius 1 is 0.667 bits per heavy atom. The molecule has 33 heavy (non-hydrogen) atoms. The van der Waals surface area contributed by atoms with E-state index < -0.39 is 0 Å². The Morgan fingerprint density at radius 3 is 1.61 bits per heavy atom. The number of allylic oxidation sites excluding steroid dienone is 2. The molecule has 2 unspecified atom stereocenters. The molecule has 162 valence electrons. The first kappa shape index (κ1) is 21.0. The maximum atomic E-state index is 12.8. The lowest BCUT2D eigenvalue weighted by Gasteiger charge is -2.27. The molecule has 1 heterocycles. The van der Waals surface area contributed by atoms with Gasteiger partial charge in [-0.15, -0.1) is 0 Å². The molecule has 0 bridgehead atoms. The van der Waals surface area contributed by atoms with Crippen LogP contribution in [0.25, 0.3) is 34.2 Å². The van der Waals surface area contributed by atoms with Crippen molar-refractivity contribution in [3.05, 3.63) is 102 Å². The second kappa shape index (κ2) is 8.91. The number of aromatic nitrogens is 3. The summed E-state index contributed by atoms with van der Waals surface area (Å²) in [7, 11) is 0. The normalized spacial score (nSPS) is 18.1. The van der Waals surface area contributed by atoms with Crippen LogP contribution in [0, 0.1) is 5.92 Å². The van der Waals surface area contributed by atoms with E-state index in [4.69, 9.17) is 15.0 Å².